The molecule has 4 rings (SSSR count). The first kappa shape index (κ1) is 18.9. The van der Waals surface area contributed by atoms with Gasteiger partial charge < -0.3 is 10.2 Å². The summed E-state index contributed by atoms with van der Waals surface area (Å²) >= 11 is 0. The molecule has 0 bridgehead atoms. The highest BCUT2D eigenvalue weighted by Crippen LogP contribution is 2.24. The van der Waals surface area contributed by atoms with Gasteiger partial charge in [-0.05, 0) is 43.7 Å². The van der Waals surface area contributed by atoms with E-state index in [0.717, 1.165) is 54.5 Å². The zero-order valence-corrected chi connectivity index (χ0v) is 16.7. The van der Waals surface area contributed by atoms with Crippen LogP contribution in [0.5, 0.6) is 0 Å². The Kier molecular flexibility index (Phi) is 5.89. The molecule has 0 atom stereocenters. The summed E-state index contributed by atoms with van der Waals surface area (Å²) in [5.41, 5.74) is 2.66. The van der Waals surface area contributed by atoms with Gasteiger partial charge in [-0.2, -0.15) is 0 Å². The van der Waals surface area contributed by atoms with Gasteiger partial charge in [0, 0.05) is 36.3 Å². The fourth-order valence-corrected chi connectivity index (χ4v) is 4.23. The lowest BCUT2D eigenvalue weighted by molar-refractivity contribution is 0.0697. The molecule has 1 aromatic carbocycles. The van der Waals surface area contributed by atoms with E-state index in [1.807, 2.05) is 35.2 Å². The highest BCUT2D eigenvalue weighted by Gasteiger charge is 2.21. The van der Waals surface area contributed by atoms with E-state index < -0.39 is 0 Å². The molecule has 1 saturated heterocycles. The van der Waals surface area contributed by atoms with Crippen LogP contribution in [-0.2, 0) is 0 Å². The van der Waals surface area contributed by atoms with Crippen molar-refractivity contribution in [3.05, 3.63) is 42.2 Å². The SMILES string of the molecule is CC1CCN(C(=O)c2ccc(-c3cc(NC4CCCCC4)ncn3)cc2)CC1. The van der Waals surface area contributed by atoms with Gasteiger partial charge >= 0.3 is 0 Å². The summed E-state index contributed by atoms with van der Waals surface area (Å²) in [6.07, 6.45) is 10.2. The number of carbonyl (C=O) groups is 1. The van der Waals surface area contributed by atoms with E-state index in [1.54, 1.807) is 6.33 Å². The van der Waals surface area contributed by atoms with Gasteiger partial charge in [0.15, 0.2) is 0 Å². The Hall–Kier alpha value is -2.43. The number of hydrogen-bond acceptors (Lipinski definition) is 4. The van der Waals surface area contributed by atoms with Crippen molar-refractivity contribution in [1.29, 1.82) is 0 Å². The first-order valence-electron chi connectivity index (χ1n) is 10.7. The van der Waals surface area contributed by atoms with Gasteiger partial charge in [-0.25, -0.2) is 9.97 Å². The fourth-order valence-electron chi connectivity index (χ4n) is 4.23. The van der Waals surface area contributed by atoms with E-state index in [0.29, 0.717) is 6.04 Å². The minimum absolute atomic E-state index is 0.140. The monoisotopic (exact) mass is 378 g/mol. The lowest BCUT2D eigenvalue weighted by Gasteiger charge is -2.30. The number of benzene rings is 1. The molecule has 0 radical (unpaired) electrons. The number of rotatable bonds is 4. The van der Waals surface area contributed by atoms with Crippen molar-refractivity contribution in [2.75, 3.05) is 18.4 Å². The van der Waals surface area contributed by atoms with Crippen molar-refractivity contribution in [2.24, 2.45) is 5.92 Å². The molecule has 1 saturated carbocycles. The first-order chi connectivity index (χ1) is 13.7. The third-order valence-corrected chi connectivity index (χ3v) is 6.12. The maximum absolute atomic E-state index is 12.7. The normalized spacial score (nSPS) is 18.8. The quantitative estimate of drug-likeness (QED) is 0.833. The van der Waals surface area contributed by atoms with E-state index in [9.17, 15) is 4.79 Å². The number of nitrogens with zero attached hydrogens (tertiary/aromatic N) is 3. The van der Waals surface area contributed by atoms with Crippen molar-refractivity contribution in [1.82, 2.24) is 14.9 Å². The number of nitrogens with one attached hydrogen (secondary N) is 1. The van der Waals surface area contributed by atoms with Gasteiger partial charge in [0.05, 0.1) is 5.69 Å². The second-order valence-electron chi connectivity index (χ2n) is 8.32. The Balaban J connectivity index is 1.43. The van der Waals surface area contributed by atoms with Crippen LogP contribution in [0.3, 0.4) is 0 Å². The van der Waals surface area contributed by atoms with Crippen LogP contribution in [0.25, 0.3) is 11.3 Å². The van der Waals surface area contributed by atoms with E-state index in [2.05, 4.69) is 22.2 Å². The Bertz CT molecular complexity index is 791. The molecule has 5 nitrogen and oxygen atoms in total. The Morgan fingerprint density at radius 2 is 1.71 bits per heavy atom. The molecule has 2 heterocycles. The Morgan fingerprint density at radius 3 is 2.43 bits per heavy atom. The van der Waals surface area contributed by atoms with Gasteiger partial charge in [-0.3, -0.25) is 4.79 Å². The molecule has 5 heteroatoms. The van der Waals surface area contributed by atoms with Crippen molar-refractivity contribution in [2.45, 2.75) is 57.9 Å². The summed E-state index contributed by atoms with van der Waals surface area (Å²) in [7, 11) is 0. The lowest BCUT2D eigenvalue weighted by Crippen LogP contribution is -2.37. The average molecular weight is 379 g/mol. The van der Waals surface area contributed by atoms with Crippen LogP contribution in [0.15, 0.2) is 36.7 Å². The Morgan fingerprint density at radius 1 is 1.00 bits per heavy atom. The summed E-state index contributed by atoms with van der Waals surface area (Å²) < 4.78 is 0. The summed E-state index contributed by atoms with van der Waals surface area (Å²) in [5.74, 6) is 1.75. The van der Waals surface area contributed by atoms with E-state index in [1.165, 1.54) is 32.1 Å². The molecule has 1 aliphatic carbocycles. The average Bonchev–Trinajstić information content (AvgIpc) is 2.75. The summed E-state index contributed by atoms with van der Waals surface area (Å²) in [5, 5.41) is 3.56. The van der Waals surface area contributed by atoms with Gasteiger partial charge in [-0.1, -0.05) is 38.3 Å². The third kappa shape index (κ3) is 4.51. The molecule has 2 aliphatic rings. The van der Waals surface area contributed by atoms with E-state index in [4.69, 9.17) is 0 Å². The second kappa shape index (κ2) is 8.72. The van der Waals surface area contributed by atoms with Gasteiger partial charge in [0.25, 0.3) is 5.91 Å². The second-order valence-corrected chi connectivity index (χ2v) is 8.32. The molecule has 0 unspecified atom stereocenters. The van der Waals surface area contributed by atoms with Crippen LogP contribution in [0.4, 0.5) is 5.82 Å². The molecule has 28 heavy (non-hydrogen) atoms. The summed E-state index contributed by atoms with van der Waals surface area (Å²) in [6.45, 7) is 3.99. The zero-order valence-electron chi connectivity index (χ0n) is 16.7. The standard InChI is InChI=1S/C23H30N4O/c1-17-11-13-27(14-12-17)23(28)19-9-7-18(8-10-19)21-15-22(25-16-24-21)26-20-5-3-2-4-6-20/h7-10,15-17,20H,2-6,11-14H2,1H3,(H,24,25,26). The highest BCUT2D eigenvalue weighted by molar-refractivity contribution is 5.94. The van der Waals surface area contributed by atoms with Gasteiger partial charge in [0.1, 0.15) is 12.1 Å². The van der Waals surface area contributed by atoms with E-state index >= 15 is 0 Å². The number of hydrogen-bond donors (Lipinski definition) is 1. The topological polar surface area (TPSA) is 58.1 Å². The van der Waals surface area contributed by atoms with Crippen LogP contribution in [-0.4, -0.2) is 39.9 Å². The van der Waals surface area contributed by atoms with Crippen LogP contribution >= 0.6 is 0 Å². The maximum atomic E-state index is 12.7. The molecular weight excluding hydrogens is 348 g/mol. The minimum atomic E-state index is 0.140. The van der Waals surface area contributed by atoms with Crippen molar-refractivity contribution < 1.29 is 4.79 Å². The largest absolute Gasteiger partial charge is 0.367 e. The molecule has 1 N–H and O–H groups in total. The van der Waals surface area contributed by atoms with Gasteiger partial charge in [-0.15, -0.1) is 0 Å². The lowest BCUT2D eigenvalue weighted by atomic mass is 9.95. The van der Waals surface area contributed by atoms with Crippen LogP contribution in [0.1, 0.15) is 62.2 Å². The molecule has 1 amide bonds. The number of piperidine rings is 1. The Labute approximate surface area is 167 Å². The number of likely N-dealkylation sites (tertiary alicyclic amines) is 1. The van der Waals surface area contributed by atoms with Crippen molar-refractivity contribution >= 4 is 11.7 Å². The zero-order chi connectivity index (χ0) is 19.3. The molecule has 0 spiro atoms. The number of anilines is 1. The van der Waals surface area contributed by atoms with Gasteiger partial charge in [0.2, 0.25) is 0 Å². The summed E-state index contributed by atoms with van der Waals surface area (Å²) in [4.78, 5) is 23.5. The minimum Gasteiger partial charge on any atom is -0.367 e. The molecular formula is C23H30N4O. The highest BCUT2D eigenvalue weighted by atomic mass is 16.2. The molecule has 2 aromatic rings. The predicted molar refractivity (Wildman–Crippen MR) is 112 cm³/mol. The maximum Gasteiger partial charge on any atom is 0.253 e. The number of amides is 1. The molecule has 148 valence electrons. The van der Waals surface area contributed by atoms with E-state index in [-0.39, 0.29) is 5.91 Å². The van der Waals surface area contributed by atoms with Crippen LogP contribution in [0, 0.1) is 5.92 Å². The van der Waals surface area contributed by atoms with Crippen molar-refractivity contribution in [3.63, 3.8) is 0 Å². The first-order valence-corrected chi connectivity index (χ1v) is 10.7. The number of carbonyl (C=O) groups excluding carboxylic acids is 1. The predicted octanol–water partition coefficient (Wildman–Crippen LogP) is 4.76. The molecule has 1 aromatic heterocycles. The third-order valence-electron chi connectivity index (χ3n) is 6.12. The number of aromatic nitrogens is 2. The van der Waals surface area contributed by atoms with Crippen LogP contribution < -0.4 is 5.32 Å². The summed E-state index contributed by atoms with van der Waals surface area (Å²) in [6, 6.07) is 10.4. The smallest absolute Gasteiger partial charge is 0.253 e. The molecule has 2 fully saturated rings. The molecule has 1 aliphatic heterocycles. The fraction of sp³-hybridized carbons (Fsp3) is 0.522. The van der Waals surface area contributed by atoms with Crippen LogP contribution in [0.2, 0.25) is 0 Å². The van der Waals surface area contributed by atoms with Crippen molar-refractivity contribution in [3.8, 4) is 11.3 Å².